The summed E-state index contributed by atoms with van der Waals surface area (Å²) in [6.45, 7) is 2.32. The quantitative estimate of drug-likeness (QED) is 0.853. The summed E-state index contributed by atoms with van der Waals surface area (Å²) in [7, 11) is 1.66. The Balaban J connectivity index is 2.57. The van der Waals surface area contributed by atoms with Gasteiger partial charge in [-0.2, -0.15) is 5.26 Å². The van der Waals surface area contributed by atoms with Crippen LogP contribution in [0.2, 0.25) is 0 Å². The van der Waals surface area contributed by atoms with Gasteiger partial charge in [-0.15, -0.1) is 0 Å². The lowest BCUT2D eigenvalue weighted by Gasteiger charge is -2.16. The summed E-state index contributed by atoms with van der Waals surface area (Å²) in [5.41, 5.74) is 7.48. The van der Waals surface area contributed by atoms with Gasteiger partial charge in [-0.3, -0.25) is 0 Å². The molecule has 1 atom stereocenters. The molecule has 0 saturated carbocycles. The van der Waals surface area contributed by atoms with E-state index in [4.69, 9.17) is 11.0 Å². The molecule has 0 bridgehead atoms. The molecule has 1 unspecified atom stereocenters. The van der Waals surface area contributed by atoms with Crippen molar-refractivity contribution in [2.45, 2.75) is 19.4 Å². The summed E-state index contributed by atoms with van der Waals surface area (Å²) in [6, 6.07) is 9.16. The van der Waals surface area contributed by atoms with Crippen LogP contribution >= 0.6 is 0 Å². The largest absolute Gasteiger partial charge is 0.327 e. The molecule has 1 rings (SSSR count). The van der Waals surface area contributed by atoms with E-state index in [0.717, 1.165) is 5.56 Å². The van der Waals surface area contributed by atoms with Gasteiger partial charge in [-0.25, -0.2) is 4.79 Å². The highest BCUT2D eigenvalue weighted by atomic mass is 16.2. The van der Waals surface area contributed by atoms with Crippen LogP contribution in [0.15, 0.2) is 24.3 Å². The maximum Gasteiger partial charge on any atom is 0.321 e. The second-order valence-corrected chi connectivity index (χ2v) is 4.17. The molecule has 0 aliphatic carbocycles. The van der Waals surface area contributed by atoms with Gasteiger partial charge in [0, 0.05) is 25.3 Å². The Labute approximate surface area is 107 Å². The van der Waals surface area contributed by atoms with Crippen molar-refractivity contribution in [1.29, 1.82) is 5.26 Å². The molecular formula is C13H18N4O. The lowest BCUT2D eigenvalue weighted by atomic mass is 10.1. The van der Waals surface area contributed by atoms with Gasteiger partial charge in [0.15, 0.2) is 0 Å². The number of rotatable bonds is 4. The normalized spacial score (nSPS) is 11.4. The van der Waals surface area contributed by atoms with E-state index in [9.17, 15) is 4.79 Å². The van der Waals surface area contributed by atoms with E-state index >= 15 is 0 Å². The van der Waals surface area contributed by atoms with E-state index in [1.807, 2.05) is 37.3 Å². The molecule has 18 heavy (non-hydrogen) atoms. The number of nitrogens with one attached hydrogen (secondary N) is 1. The van der Waals surface area contributed by atoms with Gasteiger partial charge in [-0.05, 0) is 24.6 Å². The molecule has 96 valence electrons. The molecule has 3 N–H and O–H groups in total. The Morgan fingerprint density at radius 2 is 2.11 bits per heavy atom. The number of carbonyl (C=O) groups is 1. The van der Waals surface area contributed by atoms with Crippen molar-refractivity contribution in [2.24, 2.45) is 5.73 Å². The van der Waals surface area contributed by atoms with Crippen LogP contribution in [0, 0.1) is 11.3 Å². The van der Waals surface area contributed by atoms with E-state index in [0.29, 0.717) is 18.7 Å². The first-order valence-electron chi connectivity index (χ1n) is 5.79. The third kappa shape index (κ3) is 4.07. The van der Waals surface area contributed by atoms with Crippen LogP contribution in [-0.2, 0) is 0 Å². The number of nitrogens with zero attached hydrogens (tertiary/aromatic N) is 2. The van der Waals surface area contributed by atoms with Crippen LogP contribution in [-0.4, -0.2) is 24.5 Å². The lowest BCUT2D eigenvalue weighted by Crippen LogP contribution is -2.31. The third-order valence-corrected chi connectivity index (χ3v) is 2.59. The van der Waals surface area contributed by atoms with Crippen LogP contribution in [0.25, 0.3) is 0 Å². The average Bonchev–Trinajstić information content (AvgIpc) is 2.36. The SMILES string of the molecule is CC(N)c1ccc(NC(=O)N(C)CCC#N)cc1. The summed E-state index contributed by atoms with van der Waals surface area (Å²) >= 11 is 0. The van der Waals surface area contributed by atoms with Gasteiger partial charge in [0.1, 0.15) is 0 Å². The molecule has 0 fully saturated rings. The van der Waals surface area contributed by atoms with Gasteiger partial charge >= 0.3 is 6.03 Å². The van der Waals surface area contributed by atoms with Crippen molar-refractivity contribution in [3.05, 3.63) is 29.8 Å². The van der Waals surface area contributed by atoms with E-state index in [2.05, 4.69) is 5.32 Å². The third-order valence-electron chi connectivity index (χ3n) is 2.59. The highest BCUT2D eigenvalue weighted by Gasteiger charge is 2.08. The molecule has 0 aromatic heterocycles. The topological polar surface area (TPSA) is 82.2 Å². The zero-order valence-electron chi connectivity index (χ0n) is 10.7. The van der Waals surface area contributed by atoms with Crippen LogP contribution in [0.4, 0.5) is 10.5 Å². The Hall–Kier alpha value is -2.06. The Morgan fingerprint density at radius 3 is 2.61 bits per heavy atom. The van der Waals surface area contributed by atoms with Gasteiger partial charge in [-0.1, -0.05) is 12.1 Å². The van der Waals surface area contributed by atoms with Crippen LogP contribution < -0.4 is 11.1 Å². The smallest absolute Gasteiger partial charge is 0.321 e. The van der Waals surface area contributed by atoms with Gasteiger partial charge in [0.2, 0.25) is 0 Å². The Kier molecular flexibility index (Phi) is 5.15. The predicted octanol–water partition coefficient (Wildman–Crippen LogP) is 2.08. The van der Waals surface area contributed by atoms with Crippen molar-refractivity contribution >= 4 is 11.7 Å². The fourth-order valence-corrected chi connectivity index (χ4v) is 1.41. The standard InChI is InChI=1S/C13H18N4O/c1-10(15)11-4-6-12(7-5-11)16-13(18)17(2)9-3-8-14/h4-7,10H,3,9,15H2,1-2H3,(H,16,18). The Bertz CT molecular complexity index is 433. The highest BCUT2D eigenvalue weighted by molar-refractivity contribution is 5.89. The molecule has 2 amide bonds. The number of hydrogen-bond donors (Lipinski definition) is 2. The summed E-state index contributed by atoms with van der Waals surface area (Å²) in [5.74, 6) is 0. The summed E-state index contributed by atoms with van der Waals surface area (Å²) in [4.78, 5) is 13.2. The number of benzene rings is 1. The minimum absolute atomic E-state index is 0.0203. The number of amides is 2. The first-order valence-corrected chi connectivity index (χ1v) is 5.79. The van der Waals surface area contributed by atoms with E-state index < -0.39 is 0 Å². The number of nitriles is 1. The van der Waals surface area contributed by atoms with Gasteiger partial charge in [0.05, 0.1) is 12.5 Å². The molecule has 0 radical (unpaired) electrons. The molecule has 1 aromatic rings. The molecule has 5 nitrogen and oxygen atoms in total. The molecule has 0 spiro atoms. The van der Waals surface area contributed by atoms with Crippen molar-refractivity contribution in [2.75, 3.05) is 18.9 Å². The second-order valence-electron chi connectivity index (χ2n) is 4.17. The van der Waals surface area contributed by atoms with E-state index in [1.54, 1.807) is 7.05 Å². The first-order chi connectivity index (χ1) is 8.54. The number of anilines is 1. The van der Waals surface area contributed by atoms with Crippen LogP contribution in [0.3, 0.4) is 0 Å². The lowest BCUT2D eigenvalue weighted by molar-refractivity contribution is 0.223. The number of nitrogens with two attached hydrogens (primary N) is 1. The highest BCUT2D eigenvalue weighted by Crippen LogP contribution is 2.14. The zero-order chi connectivity index (χ0) is 13.5. The first kappa shape index (κ1) is 14.0. The monoisotopic (exact) mass is 246 g/mol. The maximum atomic E-state index is 11.7. The van der Waals surface area contributed by atoms with E-state index in [-0.39, 0.29) is 12.1 Å². The number of hydrogen-bond acceptors (Lipinski definition) is 3. The minimum Gasteiger partial charge on any atom is -0.327 e. The molecule has 0 saturated heterocycles. The maximum absolute atomic E-state index is 11.7. The summed E-state index contributed by atoms with van der Waals surface area (Å²) in [5, 5.41) is 11.2. The van der Waals surface area contributed by atoms with Crippen molar-refractivity contribution < 1.29 is 4.79 Å². The van der Waals surface area contributed by atoms with Gasteiger partial charge in [0.25, 0.3) is 0 Å². The Morgan fingerprint density at radius 1 is 1.50 bits per heavy atom. The number of urea groups is 1. The van der Waals surface area contributed by atoms with Gasteiger partial charge < -0.3 is 16.0 Å². The zero-order valence-corrected chi connectivity index (χ0v) is 10.7. The van der Waals surface area contributed by atoms with Crippen molar-refractivity contribution in [3.63, 3.8) is 0 Å². The molecule has 0 aliphatic heterocycles. The molecule has 0 aliphatic rings. The minimum atomic E-state index is -0.223. The predicted molar refractivity (Wildman–Crippen MR) is 70.9 cm³/mol. The number of carbonyl (C=O) groups excluding carboxylic acids is 1. The summed E-state index contributed by atoms with van der Waals surface area (Å²) < 4.78 is 0. The molecule has 0 heterocycles. The van der Waals surface area contributed by atoms with Crippen LogP contribution in [0.1, 0.15) is 24.9 Å². The fraction of sp³-hybridized carbons (Fsp3) is 0.385. The fourth-order valence-electron chi connectivity index (χ4n) is 1.41. The van der Waals surface area contributed by atoms with Crippen molar-refractivity contribution in [1.82, 2.24) is 4.90 Å². The molecular weight excluding hydrogens is 228 g/mol. The second kappa shape index (κ2) is 6.62. The average molecular weight is 246 g/mol. The van der Waals surface area contributed by atoms with Crippen LogP contribution in [0.5, 0.6) is 0 Å². The van der Waals surface area contributed by atoms with Crippen molar-refractivity contribution in [3.8, 4) is 6.07 Å². The van der Waals surface area contributed by atoms with E-state index in [1.165, 1.54) is 4.90 Å². The molecule has 1 aromatic carbocycles. The summed E-state index contributed by atoms with van der Waals surface area (Å²) in [6.07, 6.45) is 0.327. The molecule has 5 heteroatoms.